The Labute approximate surface area is 110 Å². The van der Waals surface area contributed by atoms with Gasteiger partial charge in [-0.1, -0.05) is 43.2 Å². The van der Waals surface area contributed by atoms with Gasteiger partial charge < -0.3 is 10.6 Å². The standard InChI is InChI=1S/C15H24N2O/c1-4-5-13(3)17-15(18)11-16-10-14-8-6-12(2)7-9-14/h6-9,13,16H,4-5,10-11H2,1-3H3,(H,17,18). The van der Waals surface area contributed by atoms with E-state index in [0.717, 1.165) is 19.4 Å². The first kappa shape index (κ1) is 14.7. The van der Waals surface area contributed by atoms with Crippen LogP contribution in [-0.4, -0.2) is 18.5 Å². The maximum absolute atomic E-state index is 11.6. The van der Waals surface area contributed by atoms with Gasteiger partial charge in [-0.05, 0) is 25.8 Å². The van der Waals surface area contributed by atoms with Crippen LogP contribution in [0.1, 0.15) is 37.8 Å². The Kier molecular flexibility index (Phi) is 6.44. The van der Waals surface area contributed by atoms with Gasteiger partial charge in [0.25, 0.3) is 0 Å². The van der Waals surface area contributed by atoms with Crippen molar-refractivity contribution in [3.05, 3.63) is 35.4 Å². The number of hydrogen-bond acceptors (Lipinski definition) is 2. The Balaban J connectivity index is 2.21. The van der Waals surface area contributed by atoms with Gasteiger partial charge in [-0.2, -0.15) is 0 Å². The maximum Gasteiger partial charge on any atom is 0.234 e. The number of nitrogens with one attached hydrogen (secondary N) is 2. The molecule has 1 aromatic carbocycles. The van der Waals surface area contributed by atoms with E-state index in [1.807, 2.05) is 6.92 Å². The van der Waals surface area contributed by atoms with Crippen molar-refractivity contribution < 1.29 is 4.79 Å². The zero-order chi connectivity index (χ0) is 13.4. The highest BCUT2D eigenvalue weighted by Crippen LogP contribution is 2.02. The Bertz CT molecular complexity index is 359. The fraction of sp³-hybridized carbons (Fsp3) is 0.533. The van der Waals surface area contributed by atoms with E-state index in [4.69, 9.17) is 0 Å². The van der Waals surface area contributed by atoms with Crippen molar-refractivity contribution in [1.82, 2.24) is 10.6 Å². The van der Waals surface area contributed by atoms with Crippen LogP contribution in [-0.2, 0) is 11.3 Å². The number of rotatable bonds is 7. The third-order valence-electron chi connectivity index (χ3n) is 2.86. The third-order valence-corrected chi connectivity index (χ3v) is 2.86. The molecule has 1 amide bonds. The number of benzene rings is 1. The van der Waals surface area contributed by atoms with Crippen LogP contribution in [0.4, 0.5) is 0 Å². The average molecular weight is 248 g/mol. The Hall–Kier alpha value is -1.35. The maximum atomic E-state index is 11.6. The van der Waals surface area contributed by atoms with Gasteiger partial charge in [0, 0.05) is 12.6 Å². The highest BCUT2D eigenvalue weighted by atomic mass is 16.1. The predicted octanol–water partition coefficient (Wildman–Crippen LogP) is 2.39. The zero-order valence-electron chi connectivity index (χ0n) is 11.6. The molecule has 0 aliphatic carbocycles. The number of hydrogen-bond donors (Lipinski definition) is 2. The van der Waals surface area contributed by atoms with E-state index < -0.39 is 0 Å². The van der Waals surface area contributed by atoms with Crippen molar-refractivity contribution in [2.75, 3.05) is 6.54 Å². The van der Waals surface area contributed by atoms with Gasteiger partial charge in [0.1, 0.15) is 0 Å². The van der Waals surface area contributed by atoms with Crippen LogP contribution in [0.5, 0.6) is 0 Å². The molecule has 3 nitrogen and oxygen atoms in total. The molecule has 0 aliphatic heterocycles. The molecular formula is C15H24N2O. The van der Waals surface area contributed by atoms with Gasteiger partial charge in [-0.15, -0.1) is 0 Å². The van der Waals surface area contributed by atoms with E-state index in [0.29, 0.717) is 6.54 Å². The van der Waals surface area contributed by atoms with Gasteiger partial charge in [-0.3, -0.25) is 4.79 Å². The number of carbonyl (C=O) groups is 1. The van der Waals surface area contributed by atoms with Gasteiger partial charge >= 0.3 is 0 Å². The second kappa shape index (κ2) is 7.88. The molecule has 0 heterocycles. The Morgan fingerprint density at radius 1 is 1.28 bits per heavy atom. The highest BCUT2D eigenvalue weighted by Gasteiger charge is 2.05. The van der Waals surface area contributed by atoms with E-state index in [1.165, 1.54) is 11.1 Å². The van der Waals surface area contributed by atoms with Crippen LogP contribution in [0.25, 0.3) is 0 Å². The summed E-state index contributed by atoms with van der Waals surface area (Å²) in [5.41, 5.74) is 2.46. The number of aryl methyl sites for hydroxylation is 1. The van der Waals surface area contributed by atoms with Gasteiger partial charge in [0.15, 0.2) is 0 Å². The van der Waals surface area contributed by atoms with Gasteiger partial charge in [0.2, 0.25) is 5.91 Å². The zero-order valence-corrected chi connectivity index (χ0v) is 11.6. The highest BCUT2D eigenvalue weighted by molar-refractivity contribution is 5.78. The van der Waals surface area contributed by atoms with Crippen LogP contribution in [0.15, 0.2) is 24.3 Å². The van der Waals surface area contributed by atoms with Crippen molar-refractivity contribution in [2.24, 2.45) is 0 Å². The van der Waals surface area contributed by atoms with E-state index in [9.17, 15) is 4.79 Å². The second-order valence-electron chi connectivity index (χ2n) is 4.85. The molecule has 1 rings (SSSR count). The Morgan fingerprint density at radius 2 is 1.94 bits per heavy atom. The molecule has 0 saturated carbocycles. The van der Waals surface area contributed by atoms with E-state index in [-0.39, 0.29) is 11.9 Å². The van der Waals surface area contributed by atoms with Crippen LogP contribution < -0.4 is 10.6 Å². The Morgan fingerprint density at radius 3 is 2.56 bits per heavy atom. The van der Waals surface area contributed by atoms with Gasteiger partial charge in [-0.25, -0.2) is 0 Å². The van der Waals surface area contributed by atoms with E-state index in [2.05, 4.69) is 48.7 Å². The van der Waals surface area contributed by atoms with Crippen LogP contribution in [0, 0.1) is 6.92 Å². The number of amides is 1. The van der Waals surface area contributed by atoms with E-state index in [1.54, 1.807) is 0 Å². The molecule has 0 radical (unpaired) electrons. The topological polar surface area (TPSA) is 41.1 Å². The molecule has 0 aromatic heterocycles. The first-order valence-corrected chi connectivity index (χ1v) is 6.67. The summed E-state index contributed by atoms with van der Waals surface area (Å²) in [6.45, 7) is 7.34. The molecular weight excluding hydrogens is 224 g/mol. The molecule has 0 spiro atoms. The summed E-state index contributed by atoms with van der Waals surface area (Å²) in [5, 5.41) is 6.13. The molecule has 0 saturated heterocycles. The summed E-state index contributed by atoms with van der Waals surface area (Å²) in [6.07, 6.45) is 2.13. The molecule has 3 heteroatoms. The molecule has 0 aliphatic rings. The lowest BCUT2D eigenvalue weighted by molar-refractivity contribution is -0.120. The molecule has 2 N–H and O–H groups in total. The van der Waals surface area contributed by atoms with Crippen molar-refractivity contribution >= 4 is 5.91 Å². The van der Waals surface area contributed by atoms with Crippen molar-refractivity contribution in [2.45, 2.75) is 46.2 Å². The molecule has 1 aromatic rings. The lowest BCUT2D eigenvalue weighted by Gasteiger charge is -2.13. The molecule has 1 unspecified atom stereocenters. The summed E-state index contributed by atoms with van der Waals surface area (Å²) < 4.78 is 0. The fourth-order valence-electron chi connectivity index (χ4n) is 1.86. The summed E-state index contributed by atoms with van der Waals surface area (Å²) >= 11 is 0. The molecule has 0 bridgehead atoms. The normalized spacial score (nSPS) is 12.2. The minimum atomic E-state index is 0.0723. The van der Waals surface area contributed by atoms with Crippen LogP contribution in [0.2, 0.25) is 0 Å². The second-order valence-corrected chi connectivity index (χ2v) is 4.85. The quantitative estimate of drug-likeness (QED) is 0.778. The lowest BCUT2D eigenvalue weighted by atomic mass is 10.1. The van der Waals surface area contributed by atoms with Crippen molar-refractivity contribution in [3.63, 3.8) is 0 Å². The number of carbonyl (C=O) groups excluding carboxylic acids is 1. The summed E-state index contributed by atoms with van der Waals surface area (Å²) in [5.74, 6) is 0.0723. The molecule has 100 valence electrons. The lowest BCUT2D eigenvalue weighted by Crippen LogP contribution is -2.38. The minimum Gasteiger partial charge on any atom is -0.353 e. The first-order chi connectivity index (χ1) is 8.61. The van der Waals surface area contributed by atoms with Crippen molar-refractivity contribution in [1.29, 1.82) is 0 Å². The molecule has 18 heavy (non-hydrogen) atoms. The van der Waals surface area contributed by atoms with Crippen LogP contribution in [0.3, 0.4) is 0 Å². The smallest absolute Gasteiger partial charge is 0.234 e. The fourth-order valence-corrected chi connectivity index (χ4v) is 1.86. The summed E-state index contributed by atoms with van der Waals surface area (Å²) in [4.78, 5) is 11.6. The summed E-state index contributed by atoms with van der Waals surface area (Å²) in [6, 6.07) is 8.60. The van der Waals surface area contributed by atoms with E-state index >= 15 is 0 Å². The monoisotopic (exact) mass is 248 g/mol. The predicted molar refractivity (Wildman–Crippen MR) is 75.4 cm³/mol. The summed E-state index contributed by atoms with van der Waals surface area (Å²) in [7, 11) is 0. The minimum absolute atomic E-state index is 0.0723. The SMILES string of the molecule is CCCC(C)NC(=O)CNCc1ccc(C)cc1. The molecule has 1 atom stereocenters. The molecule has 0 fully saturated rings. The van der Waals surface area contributed by atoms with Crippen molar-refractivity contribution in [3.8, 4) is 0 Å². The van der Waals surface area contributed by atoms with Gasteiger partial charge in [0.05, 0.1) is 6.54 Å². The third kappa shape index (κ3) is 5.82. The largest absolute Gasteiger partial charge is 0.353 e. The average Bonchev–Trinajstić information content (AvgIpc) is 2.32. The van der Waals surface area contributed by atoms with Crippen LogP contribution >= 0.6 is 0 Å². The first-order valence-electron chi connectivity index (χ1n) is 6.67.